The molecule has 0 amide bonds. The number of phosphoric ester groups is 1. The lowest BCUT2D eigenvalue weighted by molar-refractivity contribution is -0.371. The Morgan fingerprint density at radius 1 is 0.295 bits per heavy atom. The fourth-order valence-electron chi connectivity index (χ4n) is 6.30. The minimum Gasteiger partial charge on any atom is -0.341 e. The molecule has 15 unspecified atom stereocenters. The van der Waals surface area contributed by atoms with E-state index in [1.54, 1.807) is 0 Å². The second-order valence-electron chi connectivity index (χ2n) is 14.0. The summed E-state index contributed by atoms with van der Waals surface area (Å²) < 4.78 is 419. The standard InChI is InChI=1S/C18H33O49PS10/c19-68(20,21)52-1-4-8(61-72(31,32)33)12(64-75(40,41)42)15(66-77(46,47)48)17(55-4)58-10-7(60-71(28,29)30)5(2-53-69(22,23)24)56-16(14(10)65-76(43,44)45)59-13-11(63-74(37,38)39)9(62-73(34,35)36)6(3-54-70(25,26)27)57-18(13)67-78(49,50)51/h4-18H,1-3H2,(H2,19,20,21)(H,22,23,24)(H,25,26,27)(H,28,29,30)(H,31,32,33)(H,34,35,36)(H,37,38,39)(H,40,41,42)(H,43,44,45)(H,46,47,48)(H,49,50,51). The molecule has 0 aliphatic carbocycles. The van der Waals surface area contributed by atoms with Gasteiger partial charge < -0.3 is 33.5 Å². The topological polar surface area (TPSA) is 749 Å². The van der Waals surface area contributed by atoms with Crippen molar-refractivity contribution >= 4 is 112 Å². The van der Waals surface area contributed by atoms with Crippen molar-refractivity contribution in [3.05, 3.63) is 0 Å². The van der Waals surface area contributed by atoms with Gasteiger partial charge in [-0.05, 0) is 0 Å². The van der Waals surface area contributed by atoms with Crippen LogP contribution in [0, 0.1) is 0 Å². The second kappa shape index (κ2) is 25.4. The Labute approximate surface area is 435 Å². The molecule has 49 nitrogen and oxygen atoms in total. The van der Waals surface area contributed by atoms with Gasteiger partial charge in [-0.1, -0.05) is 0 Å². The predicted octanol–water partition coefficient (Wildman–Crippen LogP) is -9.19. The van der Waals surface area contributed by atoms with E-state index in [0.29, 0.717) is 0 Å². The first kappa shape index (κ1) is 70.9. The van der Waals surface area contributed by atoms with Gasteiger partial charge in [0.05, 0.1) is 19.8 Å². The zero-order valence-corrected chi connectivity index (χ0v) is 44.8. The Kier molecular flexibility index (Phi) is 23.1. The van der Waals surface area contributed by atoms with Gasteiger partial charge in [-0.25, -0.2) is 46.4 Å². The normalized spacial score (nSPS) is 31.9. The van der Waals surface area contributed by atoms with E-state index in [2.05, 4.69) is 46.4 Å². The van der Waals surface area contributed by atoms with Gasteiger partial charge in [-0.2, -0.15) is 84.2 Å². The molecule has 3 fully saturated rings. The zero-order chi connectivity index (χ0) is 60.6. The van der Waals surface area contributed by atoms with E-state index >= 15 is 0 Å². The summed E-state index contributed by atoms with van der Waals surface area (Å²) in [4.78, 5) is 18.7. The van der Waals surface area contributed by atoms with Crippen LogP contribution in [0.2, 0.25) is 0 Å². The van der Waals surface area contributed by atoms with Crippen LogP contribution in [0.1, 0.15) is 0 Å². The first-order chi connectivity index (χ1) is 34.5. The van der Waals surface area contributed by atoms with Crippen LogP contribution in [-0.2, 0) is 179 Å². The average Bonchev–Trinajstić information content (AvgIpc) is 3.14. The van der Waals surface area contributed by atoms with Gasteiger partial charge in [0.15, 0.2) is 24.8 Å². The third-order valence-corrected chi connectivity index (χ3v) is 13.4. The number of hydrogen-bond acceptors (Lipinski definition) is 37. The van der Waals surface area contributed by atoms with Crippen LogP contribution in [0.3, 0.4) is 0 Å². The fraction of sp³-hybridized carbons (Fsp3) is 1.00. The van der Waals surface area contributed by atoms with Crippen LogP contribution in [0.4, 0.5) is 0 Å². The van der Waals surface area contributed by atoms with Crippen LogP contribution in [0.15, 0.2) is 0 Å². The molecule has 0 spiro atoms. The van der Waals surface area contributed by atoms with Crippen molar-refractivity contribution < 1.29 is 214 Å². The summed E-state index contributed by atoms with van der Waals surface area (Å²) >= 11 is 0. The van der Waals surface area contributed by atoms with Crippen molar-refractivity contribution in [2.24, 2.45) is 0 Å². The summed E-state index contributed by atoms with van der Waals surface area (Å²) in [5.41, 5.74) is 0. The summed E-state index contributed by atoms with van der Waals surface area (Å²) in [7, 11) is -69.2. The van der Waals surface area contributed by atoms with E-state index < -0.39 is 224 Å². The van der Waals surface area contributed by atoms with Crippen molar-refractivity contribution in [1.82, 2.24) is 0 Å². The van der Waals surface area contributed by atoms with Crippen molar-refractivity contribution in [3.8, 4) is 0 Å². The average molecular weight is 1390 g/mol. The predicted molar refractivity (Wildman–Crippen MR) is 216 cm³/mol. The van der Waals surface area contributed by atoms with E-state index in [-0.39, 0.29) is 0 Å². The maximum absolute atomic E-state index is 12.5. The molecule has 3 saturated heterocycles. The Morgan fingerprint density at radius 3 is 0.846 bits per heavy atom. The van der Waals surface area contributed by atoms with Crippen molar-refractivity contribution in [2.75, 3.05) is 19.8 Å². The number of rotatable bonds is 29. The van der Waals surface area contributed by atoms with Crippen LogP contribution in [0.5, 0.6) is 0 Å². The minimum absolute atomic E-state index is 2.05. The van der Waals surface area contributed by atoms with E-state index in [4.69, 9.17) is 28.2 Å². The van der Waals surface area contributed by atoms with Crippen molar-refractivity contribution in [1.29, 1.82) is 0 Å². The summed E-state index contributed by atoms with van der Waals surface area (Å²) in [6.07, 6.45) is -52.8. The van der Waals surface area contributed by atoms with E-state index in [0.717, 1.165) is 0 Å². The van der Waals surface area contributed by atoms with E-state index in [9.17, 15) is 140 Å². The first-order valence-electron chi connectivity index (χ1n) is 17.9. The molecule has 0 aromatic carbocycles. The van der Waals surface area contributed by atoms with Gasteiger partial charge in [-0.15, -0.1) is 0 Å². The molecule has 15 atom stereocenters. The van der Waals surface area contributed by atoms with Crippen molar-refractivity contribution in [3.63, 3.8) is 0 Å². The van der Waals surface area contributed by atoms with Crippen LogP contribution in [-0.4, -0.2) is 251 Å². The molecule has 0 radical (unpaired) electrons. The van der Waals surface area contributed by atoms with Gasteiger partial charge in [0, 0.05) is 0 Å². The third kappa shape index (κ3) is 26.0. The maximum Gasteiger partial charge on any atom is 0.469 e. The molecule has 3 aliphatic rings. The fourth-order valence-corrected chi connectivity index (χ4v) is 11.1. The van der Waals surface area contributed by atoms with Gasteiger partial charge in [0.1, 0.15) is 61.0 Å². The summed E-state index contributed by atoms with van der Waals surface area (Å²) in [5.74, 6) is 0. The highest BCUT2D eigenvalue weighted by molar-refractivity contribution is 7.83. The Balaban J connectivity index is 2.60. The number of hydrogen-bond donors (Lipinski definition) is 12. The molecular weight excluding hydrogens is 1350 g/mol. The zero-order valence-electron chi connectivity index (χ0n) is 35.8. The SMILES string of the molecule is O=P(O)(O)OCC1OC(OC2C(OS(=O)(=O)O)C(COS(=O)(=O)O)OC(OC3C(OS(=O)(=O)O)OC(COS(=O)(=O)O)C(OS(=O)(=O)O)C3OS(=O)(=O)O)C2OS(=O)(=O)O)C(OS(=O)(=O)O)C(OS(=O)(=O)O)C1OS(=O)(=O)O. The molecule has 0 bridgehead atoms. The lowest BCUT2D eigenvalue weighted by atomic mass is 9.96. The van der Waals surface area contributed by atoms with Gasteiger partial charge in [0.2, 0.25) is 6.29 Å². The quantitative estimate of drug-likeness (QED) is 0.0244. The maximum atomic E-state index is 12.5. The van der Waals surface area contributed by atoms with Gasteiger partial charge in [-0.3, -0.25) is 50.1 Å². The molecule has 60 heteroatoms. The van der Waals surface area contributed by atoms with Gasteiger partial charge >= 0.3 is 112 Å². The van der Waals surface area contributed by atoms with Crippen LogP contribution in [0.25, 0.3) is 0 Å². The lowest BCUT2D eigenvalue weighted by Gasteiger charge is -2.49. The molecule has 0 saturated carbocycles. The Bertz CT molecular complexity index is 3330. The largest absolute Gasteiger partial charge is 0.469 e. The minimum atomic E-state index is -6.62. The molecule has 464 valence electrons. The van der Waals surface area contributed by atoms with Crippen LogP contribution >= 0.6 is 7.82 Å². The molecule has 12 N–H and O–H groups in total. The van der Waals surface area contributed by atoms with E-state index in [1.165, 1.54) is 0 Å². The molecule has 3 rings (SSSR count). The second-order valence-corrected chi connectivity index (χ2v) is 25.8. The molecule has 78 heavy (non-hydrogen) atoms. The highest BCUT2D eigenvalue weighted by atomic mass is 32.3. The smallest absolute Gasteiger partial charge is 0.341 e. The molecule has 0 aromatic rings. The molecule has 3 aliphatic heterocycles. The molecule has 0 aromatic heterocycles. The Morgan fingerprint density at radius 2 is 0.538 bits per heavy atom. The third-order valence-electron chi connectivity index (χ3n) is 8.37. The van der Waals surface area contributed by atoms with Crippen molar-refractivity contribution in [2.45, 2.75) is 92.1 Å². The highest BCUT2D eigenvalue weighted by Gasteiger charge is 2.61. The molecular formula is C18H33O49PS10. The lowest BCUT2D eigenvalue weighted by Crippen LogP contribution is -2.69. The summed E-state index contributed by atoms with van der Waals surface area (Å²) in [6.45, 7) is -6.36. The first-order valence-corrected chi connectivity index (χ1v) is 33.1. The highest BCUT2D eigenvalue weighted by Crippen LogP contribution is 2.42. The Hall–Kier alpha value is -1.39. The monoisotopic (exact) mass is 1380 g/mol. The molecule has 3 heterocycles. The number of phosphoric acid groups is 1. The van der Waals surface area contributed by atoms with Gasteiger partial charge in [0.25, 0.3) is 0 Å². The van der Waals surface area contributed by atoms with Crippen LogP contribution < -0.4 is 0 Å². The number of ether oxygens (including phenoxy) is 5. The summed E-state index contributed by atoms with van der Waals surface area (Å²) in [5, 5.41) is 0. The summed E-state index contributed by atoms with van der Waals surface area (Å²) in [6, 6.07) is 0. The van der Waals surface area contributed by atoms with E-state index in [1.807, 2.05) is 0 Å².